The molecule has 1 aliphatic carbocycles. The first kappa shape index (κ1) is 17.1. The maximum atomic E-state index is 11.9. The van der Waals surface area contributed by atoms with E-state index in [-0.39, 0.29) is 24.3 Å². The number of nitrogens with one attached hydrogen (secondary N) is 2. The second kappa shape index (κ2) is 8.41. The van der Waals surface area contributed by atoms with Gasteiger partial charge >= 0.3 is 0 Å². The molecule has 1 aromatic rings. The van der Waals surface area contributed by atoms with Gasteiger partial charge in [0.15, 0.2) is 0 Å². The van der Waals surface area contributed by atoms with Crippen LogP contribution < -0.4 is 20.1 Å². The Morgan fingerprint density at radius 3 is 2.52 bits per heavy atom. The van der Waals surface area contributed by atoms with E-state index in [0.717, 1.165) is 31.2 Å². The number of hydrogen-bond acceptors (Lipinski definition) is 4. The highest BCUT2D eigenvalue weighted by Crippen LogP contribution is 2.25. The average molecular weight is 320 g/mol. The SMILES string of the molecule is COc1ccc(OC)c(CNC(=O)CNC(=O)C2CCCC2)c1. The molecule has 0 heterocycles. The van der Waals surface area contributed by atoms with Crippen molar-refractivity contribution in [3.8, 4) is 11.5 Å². The van der Waals surface area contributed by atoms with Crippen LogP contribution in [0.15, 0.2) is 18.2 Å². The topological polar surface area (TPSA) is 76.7 Å². The minimum absolute atomic E-state index is 0.00160. The van der Waals surface area contributed by atoms with Gasteiger partial charge in [-0.3, -0.25) is 9.59 Å². The van der Waals surface area contributed by atoms with E-state index < -0.39 is 0 Å². The first-order valence-corrected chi connectivity index (χ1v) is 7.89. The largest absolute Gasteiger partial charge is 0.497 e. The number of hydrogen-bond donors (Lipinski definition) is 2. The lowest BCUT2D eigenvalue weighted by atomic mass is 10.1. The zero-order valence-electron chi connectivity index (χ0n) is 13.7. The molecule has 0 saturated heterocycles. The molecule has 0 spiro atoms. The Bertz CT molecular complexity index is 554. The smallest absolute Gasteiger partial charge is 0.239 e. The fourth-order valence-corrected chi connectivity index (χ4v) is 2.78. The van der Waals surface area contributed by atoms with Gasteiger partial charge in [0.2, 0.25) is 11.8 Å². The third-order valence-electron chi connectivity index (χ3n) is 4.11. The van der Waals surface area contributed by atoms with Crippen LogP contribution in [-0.4, -0.2) is 32.6 Å². The van der Waals surface area contributed by atoms with Gasteiger partial charge in [-0.05, 0) is 31.0 Å². The minimum Gasteiger partial charge on any atom is -0.497 e. The maximum absolute atomic E-state index is 11.9. The van der Waals surface area contributed by atoms with E-state index in [9.17, 15) is 9.59 Å². The van der Waals surface area contributed by atoms with E-state index in [1.165, 1.54) is 0 Å². The summed E-state index contributed by atoms with van der Waals surface area (Å²) >= 11 is 0. The Kier molecular flexibility index (Phi) is 6.26. The highest BCUT2D eigenvalue weighted by Gasteiger charge is 2.22. The fourth-order valence-electron chi connectivity index (χ4n) is 2.78. The Morgan fingerprint density at radius 2 is 1.87 bits per heavy atom. The van der Waals surface area contributed by atoms with Gasteiger partial charge < -0.3 is 20.1 Å². The number of ether oxygens (including phenoxy) is 2. The summed E-state index contributed by atoms with van der Waals surface area (Å²) in [6, 6.07) is 5.41. The summed E-state index contributed by atoms with van der Waals surface area (Å²) in [6.45, 7) is 0.320. The lowest BCUT2D eigenvalue weighted by Crippen LogP contribution is -2.38. The van der Waals surface area contributed by atoms with Crippen molar-refractivity contribution in [1.82, 2.24) is 10.6 Å². The molecule has 6 nitrogen and oxygen atoms in total. The molecule has 126 valence electrons. The molecule has 0 aliphatic heterocycles. The fraction of sp³-hybridized carbons (Fsp3) is 0.529. The summed E-state index contributed by atoms with van der Waals surface area (Å²) in [4.78, 5) is 23.8. The molecule has 0 bridgehead atoms. The zero-order valence-corrected chi connectivity index (χ0v) is 13.7. The molecule has 2 rings (SSSR count). The van der Waals surface area contributed by atoms with Crippen LogP contribution in [0.2, 0.25) is 0 Å². The van der Waals surface area contributed by atoms with Crippen molar-refractivity contribution < 1.29 is 19.1 Å². The zero-order chi connectivity index (χ0) is 16.7. The first-order chi connectivity index (χ1) is 11.1. The molecule has 23 heavy (non-hydrogen) atoms. The predicted molar refractivity (Wildman–Crippen MR) is 86.4 cm³/mol. The van der Waals surface area contributed by atoms with Crippen LogP contribution in [0.25, 0.3) is 0 Å². The number of carbonyl (C=O) groups excluding carboxylic acids is 2. The second-order valence-corrected chi connectivity index (χ2v) is 5.65. The predicted octanol–water partition coefficient (Wildman–Crippen LogP) is 1.63. The molecule has 1 aliphatic rings. The van der Waals surface area contributed by atoms with E-state index in [0.29, 0.717) is 18.0 Å². The van der Waals surface area contributed by atoms with E-state index in [2.05, 4.69) is 10.6 Å². The molecule has 1 fully saturated rings. The van der Waals surface area contributed by atoms with Gasteiger partial charge in [-0.15, -0.1) is 0 Å². The van der Waals surface area contributed by atoms with Crippen LogP contribution in [0.4, 0.5) is 0 Å². The summed E-state index contributed by atoms with van der Waals surface area (Å²) in [5.74, 6) is 1.21. The third kappa shape index (κ3) is 4.87. The number of amides is 2. The van der Waals surface area contributed by atoms with Crippen LogP contribution in [0.1, 0.15) is 31.2 Å². The molecule has 2 N–H and O–H groups in total. The minimum atomic E-state index is -0.221. The van der Waals surface area contributed by atoms with Crippen LogP contribution in [0.3, 0.4) is 0 Å². The molecule has 2 amide bonds. The van der Waals surface area contributed by atoms with E-state index in [1.807, 2.05) is 6.07 Å². The quantitative estimate of drug-likeness (QED) is 0.800. The van der Waals surface area contributed by atoms with Crippen molar-refractivity contribution >= 4 is 11.8 Å². The Hall–Kier alpha value is -2.24. The average Bonchev–Trinajstić information content (AvgIpc) is 3.12. The standard InChI is InChI=1S/C17H24N2O4/c1-22-14-7-8-15(23-2)13(9-14)10-18-16(20)11-19-17(21)12-5-3-4-6-12/h7-9,12H,3-6,10-11H2,1-2H3,(H,18,20)(H,19,21). The lowest BCUT2D eigenvalue weighted by Gasteiger charge is -2.13. The number of carbonyl (C=O) groups is 2. The molecule has 0 unspecified atom stereocenters. The number of rotatable bonds is 7. The van der Waals surface area contributed by atoms with Crippen molar-refractivity contribution in [2.75, 3.05) is 20.8 Å². The first-order valence-electron chi connectivity index (χ1n) is 7.89. The monoisotopic (exact) mass is 320 g/mol. The molecule has 1 saturated carbocycles. The summed E-state index contributed by atoms with van der Waals surface area (Å²) < 4.78 is 10.4. The Balaban J connectivity index is 1.80. The summed E-state index contributed by atoms with van der Waals surface area (Å²) in [5, 5.41) is 5.49. The molecule has 1 aromatic carbocycles. The van der Waals surface area contributed by atoms with Crippen molar-refractivity contribution in [3.05, 3.63) is 23.8 Å². The Labute approximate surface area is 136 Å². The van der Waals surface area contributed by atoms with Gasteiger partial charge in [0.05, 0.1) is 20.8 Å². The summed E-state index contributed by atoms with van der Waals surface area (Å²) in [7, 11) is 3.16. The van der Waals surface area contributed by atoms with Gasteiger partial charge in [-0.2, -0.15) is 0 Å². The lowest BCUT2D eigenvalue weighted by molar-refractivity contribution is -0.128. The highest BCUT2D eigenvalue weighted by molar-refractivity contribution is 5.85. The van der Waals surface area contributed by atoms with Gasteiger partial charge in [0.25, 0.3) is 0 Å². The van der Waals surface area contributed by atoms with Crippen LogP contribution in [0.5, 0.6) is 11.5 Å². The maximum Gasteiger partial charge on any atom is 0.239 e. The summed E-state index contributed by atoms with van der Waals surface area (Å²) in [6.07, 6.45) is 4.04. The molecule has 6 heteroatoms. The van der Waals surface area contributed by atoms with Gasteiger partial charge in [-0.25, -0.2) is 0 Å². The van der Waals surface area contributed by atoms with E-state index >= 15 is 0 Å². The number of benzene rings is 1. The highest BCUT2D eigenvalue weighted by atomic mass is 16.5. The van der Waals surface area contributed by atoms with Gasteiger partial charge in [0.1, 0.15) is 11.5 Å². The Morgan fingerprint density at radius 1 is 1.13 bits per heavy atom. The van der Waals surface area contributed by atoms with E-state index in [4.69, 9.17) is 9.47 Å². The second-order valence-electron chi connectivity index (χ2n) is 5.65. The van der Waals surface area contributed by atoms with E-state index in [1.54, 1.807) is 26.4 Å². The van der Waals surface area contributed by atoms with Crippen molar-refractivity contribution in [1.29, 1.82) is 0 Å². The normalized spacial score (nSPS) is 14.3. The molecular formula is C17H24N2O4. The molecule has 0 aromatic heterocycles. The van der Waals surface area contributed by atoms with Crippen LogP contribution in [-0.2, 0) is 16.1 Å². The molecular weight excluding hydrogens is 296 g/mol. The third-order valence-corrected chi connectivity index (χ3v) is 4.11. The van der Waals surface area contributed by atoms with Crippen LogP contribution >= 0.6 is 0 Å². The van der Waals surface area contributed by atoms with Gasteiger partial charge in [0, 0.05) is 18.0 Å². The van der Waals surface area contributed by atoms with Gasteiger partial charge in [-0.1, -0.05) is 12.8 Å². The summed E-state index contributed by atoms with van der Waals surface area (Å²) in [5.41, 5.74) is 0.822. The number of methoxy groups -OCH3 is 2. The molecule has 0 radical (unpaired) electrons. The molecule has 0 atom stereocenters. The van der Waals surface area contributed by atoms with Crippen molar-refractivity contribution in [2.45, 2.75) is 32.2 Å². The van der Waals surface area contributed by atoms with Crippen LogP contribution in [0, 0.1) is 5.92 Å². The van der Waals surface area contributed by atoms with Crippen molar-refractivity contribution in [3.63, 3.8) is 0 Å². The van der Waals surface area contributed by atoms with Crippen molar-refractivity contribution in [2.24, 2.45) is 5.92 Å².